The van der Waals surface area contributed by atoms with Crippen molar-refractivity contribution in [3.05, 3.63) is 71.7 Å². The molecule has 2 aromatic carbocycles. The summed E-state index contributed by atoms with van der Waals surface area (Å²) in [6.07, 6.45) is 3.13. The highest BCUT2D eigenvalue weighted by Crippen LogP contribution is 2.38. The quantitative estimate of drug-likeness (QED) is 0.237. The molecule has 0 radical (unpaired) electrons. The molecule has 11 heteroatoms. The molecule has 1 aliphatic rings. The zero-order chi connectivity index (χ0) is 30.3. The van der Waals surface area contributed by atoms with Gasteiger partial charge in [0.25, 0.3) is 11.8 Å². The molecule has 216 valence electrons. The molecule has 0 spiro atoms. The molecule has 0 bridgehead atoms. The molecule has 0 aliphatic carbocycles. The van der Waals surface area contributed by atoms with Gasteiger partial charge in [-0.25, -0.2) is 0 Å². The van der Waals surface area contributed by atoms with Crippen molar-refractivity contribution in [2.75, 3.05) is 5.32 Å². The fraction of sp³-hybridized carbons (Fsp3) is 0.290. The van der Waals surface area contributed by atoms with Gasteiger partial charge >= 0.3 is 5.97 Å². The Balaban J connectivity index is 1.51. The Morgan fingerprint density at radius 1 is 1.05 bits per heavy atom. The molecule has 42 heavy (non-hydrogen) atoms. The number of nitrogens with one attached hydrogen (secondary N) is 1. The van der Waals surface area contributed by atoms with E-state index in [9.17, 15) is 19.2 Å². The molecule has 3 amide bonds. The maximum atomic E-state index is 13.8. The number of esters is 1. The first-order valence-corrected chi connectivity index (χ1v) is 13.5. The minimum absolute atomic E-state index is 0.120. The van der Waals surface area contributed by atoms with Crippen LogP contribution < -0.4 is 11.1 Å². The van der Waals surface area contributed by atoms with Crippen molar-refractivity contribution >= 4 is 46.0 Å². The zero-order valence-corrected chi connectivity index (χ0v) is 24.1. The van der Waals surface area contributed by atoms with Crippen LogP contribution in [0.25, 0.3) is 22.0 Å². The molecule has 3 N–H and O–H groups in total. The van der Waals surface area contributed by atoms with Gasteiger partial charge in [0.2, 0.25) is 5.91 Å². The monoisotopic (exact) mass is 568 g/mol. The third-order valence-electron chi connectivity index (χ3n) is 6.99. The first-order chi connectivity index (χ1) is 19.8. The number of nitrogens with zero attached hydrogens (tertiary/aromatic N) is 4. The maximum Gasteiger partial charge on any atom is 0.306 e. The first kappa shape index (κ1) is 28.5. The topological polar surface area (TPSA) is 150 Å². The molecule has 1 atom stereocenters. The van der Waals surface area contributed by atoms with Gasteiger partial charge in [0.05, 0.1) is 28.5 Å². The van der Waals surface area contributed by atoms with E-state index in [0.717, 1.165) is 32.6 Å². The number of imide groups is 1. The van der Waals surface area contributed by atoms with Crippen LogP contribution in [0.4, 0.5) is 11.4 Å². The van der Waals surface area contributed by atoms with Crippen molar-refractivity contribution in [2.45, 2.75) is 52.2 Å². The van der Waals surface area contributed by atoms with E-state index in [1.54, 1.807) is 50.0 Å². The number of carbonyl (C=O) groups is 4. The largest absolute Gasteiger partial charge is 0.460 e. The summed E-state index contributed by atoms with van der Waals surface area (Å²) in [6.45, 7) is 7.08. The predicted octanol–water partition coefficient (Wildman–Crippen LogP) is 4.26. The molecule has 11 nitrogen and oxygen atoms in total. The van der Waals surface area contributed by atoms with Gasteiger partial charge in [-0.15, -0.1) is 0 Å². The van der Waals surface area contributed by atoms with Crippen LogP contribution in [0.2, 0.25) is 0 Å². The van der Waals surface area contributed by atoms with Gasteiger partial charge in [0, 0.05) is 42.0 Å². The Kier molecular flexibility index (Phi) is 7.27. The van der Waals surface area contributed by atoms with E-state index < -0.39 is 35.3 Å². The fourth-order valence-corrected chi connectivity index (χ4v) is 5.14. The minimum atomic E-state index is -1.32. The molecule has 0 fully saturated rings. The van der Waals surface area contributed by atoms with Crippen LogP contribution in [-0.2, 0) is 21.4 Å². The summed E-state index contributed by atoms with van der Waals surface area (Å²) >= 11 is 0. The standard InChI is InChI=1S/C31H32N6O5/c1-17-13-18(11-12-33-17)21-15-25-19(16-34-36(25)5)14-23(21)35-22-8-6-7-20-27(22)30(41)37(29(20)40)24(28(32)39)9-10-26(38)42-31(2,3)4/h6-8,11-16,24,35H,9-10H2,1-5H3,(H2,32,39)/t24-/m0/s1. The first-order valence-electron chi connectivity index (χ1n) is 13.5. The number of rotatable bonds is 8. The normalized spacial score (nSPS) is 13.8. The van der Waals surface area contributed by atoms with E-state index in [4.69, 9.17) is 10.5 Å². The zero-order valence-electron chi connectivity index (χ0n) is 24.1. The smallest absolute Gasteiger partial charge is 0.306 e. The van der Waals surface area contributed by atoms with Crippen LogP contribution in [0.15, 0.2) is 54.9 Å². The second-order valence-electron chi connectivity index (χ2n) is 11.3. The van der Waals surface area contributed by atoms with Gasteiger partial charge in [-0.1, -0.05) is 6.07 Å². The summed E-state index contributed by atoms with van der Waals surface area (Å²) in [6, 6.07) is 11.3. The number of pyridine rings is 1. The van der Waals surface area contributed by atoms with Gasteiger partial charge in [-0.3, -0.25) is 33.7 Å². The number of benzene rings is 2. The molecule has 1 aliphatic heterocycles. The van der Waals surface area contributed by atoms with Crippen LogP contribution in [0.3, 0.4) is 0 Å². The van der Waals surface area contributed by atoms with Gasteiger partial charge in [-0.05, 0) is 76.1 Å². The summed E-state index contributed by atoms with van der Waals surface area (Å²) in [5, 5.41) is 8.60. The molecule has 5 rings (SSSR count). The summed E-state index contributed by atoms with van der Waals surface area (Å²) in [7, 11) is 1.86. The number of carbonyl (C=O) groups excluding carboxylic acids is 4. The maximum absolute atomic E-state index is 13.8. The molecule has 0 unspecified atom stereocenters. The van der Waals surface area contributed by atoms with Gasteiger partial charge < -0.3 is 15.8 Å². The summed E-state index contributed by atoms with van der Waals surface area (Å²) < 4.78 is 7.10. The highest BCUT2D eigenvalue weighted by atomic mass is 16.6. The number of ether oxygens (including phenoxy) is 1. The van der Waals surface area contributed by atoms with Crippen molar-refractivity contribution in [2.24, 2.45) is 12.8 Å². The highest BCUT2D eigenvalue weighted by molar-refractivity contribution is 6.25. The number of hydrogen-bond donors (Lipinski definition) is 2. The van der Waals surface area contributed by atoms with Crippen molar-refractivity contribution in [3.8, 4) is 11.1 Å². The van der Waals surface area contributed by atoms with Crippen LogP contribution in [0.5, 0.6) is 0 Å². The van der Waals surface area contributed by atoms with E-state index >= 15 is 0 Å². The Labute approximate surface area is 242 Å². The summed E-state index contributed by atoms with van der Waals surface area (Å²) in [5.74, 6) is -2.77. The number of primary amides is 1. The van der Waals surface area contributed by atoms with Gasteiger partial charge in [0.15, 0.2) is 0 Å². The minimum Gasteiger partial charge on any atom is -0.460 e. The number of aryl methyl sites for hydroxylation is 2. The predicted molar refractivity (Wildman–Crippen MR) is 157 cm³/mol. The van der Waals surface area contributed by atoms with Crippen LogP contribution in [0.1, 0.15) is 60.0 Å². The lowest BCUT2D eigenvalue weighted by atomic mass is 10.0. The lowest BCUT2D eigenvalue weighted by Gasteiger charge is -2.24. The Bertz CT molecular complexity index is 1750. The molecule has 4 aromatic rings. The average molecular weight is 569 g/mol. The van der Waals surface area contributed by atoms with E-state index in [1.807, 2.05) is 38.2 Å². The number of hydrogen-bond acceptors (Lipinski definition) is 8. The number of anilines is 2. The second kappa shape index (κ2) is 10.7. The van der Waals surface area contributed by atoms with Crippen molar-refractivity contribution in [1.29, 1.82) is 0 Å². The second-order valence-corrected chi connectivity index (χ2v) is 11.3. The van der Waals surface area contributed by atoms with Crippen molar-refractivity contribution in [1.82, 2.24) is 19.7 Å². The van der Waals surface area contributed by atoms with Gasteiger partial charge in [0.1, 0.15) is 11.6 Å². The Hall–Kier alpha value is -5.06. The average Bonchev–Trinajstić information content (AvgIpc) is 3.39. The van der Waals surface area contributed by atoms with Gasteiger partial charge in [-0.2, -0.15) is 5.10 Å². The fourth-order valence-electron chi connectivity index (χ4n) is 5.14. The third-order valence-corrected chi connectivity index (χ3v) is 6.99. The van der Waals surface area contributed by atoms with E-state index in [1.165, 1.54) is 6.07 Å². The SMILES string of the molecule is Cc1cc(-c2cc3c(cnn3C)cc2Nc2cccc3c2C(=O)N([C@@H](CCC(=O)OC(C)(C)C)C(N)=O)C3=O)ccn1. The lowest BCUT2D eigenvalue weighted by Crippen LogP contribution is -2.48. The number of aromatic nitrogens is 3. The highest BCUT2D eigenvalue weighted by Gasteiger charge is 2.43. The van der Waals surface area contributed by atoms with Crippen molar-refractivity contribution in [3.63, 3.8) is 0 Å². The molecular formula is C31H32N6O5. The van der Waals surface area contributed by atoms with Crippen LogP contribution >= 0.6 is 0 Å². The molecule has 0 saturated carbocycles. The molecular weight excluding hydrogens is 536 g/mol. The molecule has 3 heterocycles. The van der Waals surface area contributed by atoms with Crippen LogP contribution in [-0.4, -0.2) is 55.0 Å². The molecule has 2 aromatic heterocycles. The number of fused-ring (bicyclic) bond motifs is 2. The van der Waals surface area contributed by atoms with E-state index in [-0.39, 0.29) is 24.0 Å². The van der Waals surface area contributed by atoms with E-state index in [0.29, 0.717) is 11.4 Å². The summed E-state index contributed by atoms with van der Waals surface area (Å²) in [4.78, 5) is 57.2. The third kappa shape index (κ3) is 5.45. The number of nitrogens with two attached hydrogens (primary N) is 1. The van der Waals surface area contributed by atoms with E-state index in [2.05, 4.69) is 15.4 Å². The number of amides is 3. The molecule has 0 saturated heterocycles. The lowest BCUT2D eigenvalue weighted by molar-refractivity contribution is -0.155. The van der Waals surface area contributed by atoms with Crippen LogP contribution in [0, 0.1) is 6.92 Å². The summed E-state index contributed by atoms with van der Waals surface area (Å²) in [5.41, 5.74) is 9.74. The van der Waals surface area contributed by atoms with Crippen molar-refractivity contribution < 1.29 is 23.9 Å². The Morgan fingerprint density at radius 3 is 2.50 bits per heavy atom. The Morgan fingerprint density at radius 2 is 1.81 bits per heavy atom.